The van der Waals surface area contributed by atoms with Gasteiger partial charge in [0.15, 0.2) is 0 Å². The van der Waals surface area contributed by atoms with E-state index in [4.69, 9.17) is 0 Å². The zero-order valence-corrected chi connectivity index (χ0v) is 12.7. The molecule has 1 aliphatic rings. The Bertz CT molecular complexity index is 556. The molecule has 1 heterocycles. The number of hydrogen-bond donors (Lipinski definition) is 0. The van der Waals surface area contributed by atoms with Crippen LogP contribution in [0, 0.1) is 0 Å². The Balaban J connectivity index is 0.000000283. The Hall–Kier alpha value is -1.67. The number of rotatable bonds is 2. The molecule has 2 aromatic rings. The van der Waals surface area contributed by atoms with Crippen LogP contribution in [0.1, 0.15) is 4.88 Å². The summed E-state index contributed by atoms with van der Waals surface area (Å²) in [6.07, 6.45) is 11.3. The second-order valence-corrected chi connectivity index (χ2v) is 4.80. The summed E-state index contributed by atoms with van der Waals surface area (Å²) >= 11 is 1.47. The SMILES string of the molecule is [Fe+2].[O-]/C(=C\C=C1C=CC=C1)c1cccs1.c1cc[cH-]c1. The van der Waals surface area contributed by atoms with Crippen LogP contribution >= 0.6 is 11.3 Å². The normalized spacial score (nSPS) is 12.6. The van der Waals surface area contributed by atoms with Gasteiger partial charge in [0, 0.05) is 4.88 Å². The third kappa shape index (κ3) is 5.54. The van der Waals surface area contributed by atoms with Crippen LogP contribution < -0.4 is 5.11 Å². The van der Waals surface area contributed by atoms with Crippen molar-refractivity contribution in [1.29, 1.82) is 0 Å². The Morgan fingerprint density at radius 2 is 1.80 bits per heavy atom. The van der Waals surface area contributed by atoms with Gasteiger partial charge in [-0.2, -0.15) is 18.2 Å². The first-order valence-corrected chi connectivity index (χ1v) is 6.88. The van der Waals surface area contributed by atoms with Gasteiger partial charge in [-0.05, 0) is 17.0 Å². The van der Waals surface area contributed by atoms with E-state index in [-0.39, 0.29) is 22.8 Å². The maximum absolute atomic E-state index is 11.5. The number of hydrogen-bond acceptors (Lipinski definition) is 2. The minimum atomic E-state index is 0. The molecule has 0 spiro atoms. The Morgan fingerprint density at radius 1 is 1.10 bits per heavy atom. The fourth-order valence-corrected chi connectivity index (χ4v) is 2.14. The predicted octanol–water partition coefficient (Wildman–Crippen LogP) is 3.90. The van der Waals surface area contributed by atoms with Crippen molar-refractivity contribution in [3.8, 4) is 0 Å². The van der Waals surface area contributed by atoms with Gasteiger partial charge < -0.3 is 5.11 Å². The molecule has 3 heteroatoms. The summed E-state index contributed by atoms with van der Waals surface area (Å²) in [6.45, 7) is 0. The summed E-state index contributed by atoms with van der Waals surface area (Å²) in [7, 11) is 0. The molecule has 0 radical (unpaired) electrons. The van der Waals surface area contributed by atoms with Crippen molar-refractivity contribution >= 4 is 17.1 Å². The Labute approximate surface area is 134 Å². The second kappa shape index (κ2) is 9.27. The van der Waals surface area contributed by atoms with E-state index in [0.717, 1.165) is 10.5 Å². The summed E-state index contributed by atoms with van der Waals surface area (Å²) in [5, 5.41) is 13.4. The van der Waals surface area contributed by atoms with E-state index in [2.05, 4.69) is 0 Å². The molecule has 102 valence electrons. The minimum Gasteiger partial charge on any atom is -0.872 e. The molecule has 1 aromatic carbocycles. The van der Waals surface area contributed by atoms with Crippen molar-refractivity contribution in [1.82, 2.24) is 0 Å². The third-order valence-electron chi connectivity index (χ3n) is 2.44. The van der Waals surface area contributed by atoms with Gasteiger partial charge >= 0.3 is 17.1 Å². The van der Waals surface area contributed by atoms with E-state index >= 15 is 0 Å². The van der Waals surface area contributed by atoms with Crippen LogP contribution in [0.15, 0.2) is 89.9 Å². The van der Waals surface area contributed by atoms with Crippen molar-refractivity contribution in [2.45, 2.75) is 0 Å². The van der Waals surface area contributed by atoms with Crippen molar-refractivity contribution < 1.29 is 22.2 Å². The van der Waals surface area contributed by atoms with Crippen molar-refractivity contribution in [3.63, 3.8) is 0 Å². The second-order valence-electron chi connectivity index (χ2n) is 3.86. The number of allylic oxidation sites excluding steroid dienone is 7. The quantitative estimate of drug-likeness (QED) is 0.467. The Kier molecular flexibility index (Phi) is 7.59. The topological polar surface area (TPSA) is 23.1 Å². The fraction of sp³-hybridized carbons (Fsp3) is 0. The van der Waals surface area contributed by atoms with E-state index < -0.39 is 0 Å². The summed E-state index contributed by atoms with van der Waals surface area (Å²) in [4.78, 5) is 0.785. The first-order chi connectivity index (χ1) is 9.36. The molecular weight excluding hydrogens is 308 g/mol. The first kappa shape index (κ1) is 16.4. The summed E-state index contributed by atoms with van der Waals surface area (Å²) in [5.41, 5.74) is 1.06. The van der Waals surface area contributed by atoms with Gasteiger partial charge in [-0.15, -0.1) is 11.3 Å². The maximum atomic E-state index is 11.5. The van der Waals surface area contributed by atoms with Gasteiger partial charge in [0.25, 0.3) is 0 Å². The fourth-order valence-electron chi connectivity index (χ4n) is 1.49. The van der Waals surface area contributed by atoms with Crippen molar-refractivity contribution in [2.75, 3.05) is 0 Å². The first-order valence-electron chi connectivity index (χ1n) is 6.00. The molecule has 0 aliphatic heterocycles. The molecule has 0 saturated heterocycles. The monoisotopic (exact) mass is 322 g/mol. The van der Waals surface area contributed by atoms with Gasteiger partial charge in [0.2, 0.25) is 0 Å². The zero-order chi connectivity index (χ0) is 13.3. The smallest absolute Gasteiger partial charge is 0.872 e. The van der Waals surface area contributed by atoms with Crippen LogP contribution in [0.5, 0.6) is 0 Å². The van der Waals surface area contributed by atoms with Crippen molar-refractivity contribution in [2.24, 2.45) is 0 Å². The molecule has 1 aliphatic carbocycles. The maximum Gasteiger partial charge on any atom is 2.00 e. The van der Waals surface area contributed by atoms with E-state index in [1.165, 1.54) is 11.3 Å². The van der Waals surface area contributed by atoms with Crippen LogP contribution in [0.4, 0.5) is 0 Å². The van der Waals surface area contributed by atoms with E-state index in [9.17, 15) is 5.11 Å². The largest absolute Gasteiger partial charge is 2.00 e. The molecule has 20 heavy (non-hydrogen) atoms. The predicted molar refractivity (Wildman–Crippen MR) is 80.7 cm³/mol. The third-order valence-corrected chi connectivity index (χ3v) is 3.32. The summed E-state index contributed by atoms with van der Waals surface area (Å²) in [6, 6.07) is 13.7. The molecule has 0 unspecified atom stereocenters. The van der Waals surface area contributed by atoms with E-state index in [1.54, 1.807) is 6.08 Å². The number of thiophene rings is 1. The molecule has 0 bridgehead atoms. The Morgan fingerprint density at radius 3 is 2.30 bits per heavy atom. The molecular formula is C17H14FeOS. The van der Waals surface area contributed by atoms with Crippen LogP contribution in [0.3, 0.4) is 0 Å². The zero-order valence-electron chi connectivity index (χ0n) is 10.8. The van der Waals surface area contributed by atoms with Crippen LogP contribution in [0.2, 0.25) is 0 Å². The molecule has 0 saturated carbocycles. The molecule has 0 fully saturated rings. The molecule has 0 atom stereocenters. The molecule has 1 aromatic heterocycles. The van der Waals surface area contributed by atoms with Crippen molar-refractivity contribution in [3.05, 3.63) is 94.8 Å². The van der Waals surface area contributed by atoms with Crippen LogP contribution in [-0.2, 0) is 17.1 Å². The van der Waals surface area contributed by atoms with Gasteiger partial charge in [0.05, 0.1) is 0 Å². The van der Waals surface area contributed by atoms with E-state index in [1.807, 2.05) is 78.2 Å². The van der Waals surface area contributed by atoms with Crippen LogP contribution in [-0.4, -0.2) is 0 Å². The average molecular weight is 322 g/mol. The summed E-state index contributed by atoms with van der Waals surface area (Å²) < 4.78 is 0. The molecule has 3 rings (SSSR count). The van der Waals surface area contributed by atoms with Gasteiger partial charge in [0.1, 0.15) is 0 Å². The standard InChI is InChI=1S/C12H10OS.C5H5.Fe/c13-11(12-6-3-9-14-12)8-7-10-4-1-2-5-10;1-2-4-5-3-1;/h1-9,13H;1-5H;/q;-1;+2/p-1/b11-8-;;. The van der Waals surface area contributed by atoms with Crippen LogP contribution in [0.25, 0.3) is 5.76 Å². The molecule has 0 N–H and O–H groups in total. The van der Waals surface area contributed by atoms with E-state index in [0.29, 0.717) is 0 Å². The minimum absolute atomic E-state index is 0. The van der Waals surface area contributed by atoms with Gasteiger partial charge in [-0.25, -0.2) is 12.1 Å². The summed E-state index contributed by atoms with van der Waals surface area (Å²) in [5.74, 6) is 0.0706. The van der Waals surface area contributed by atoms with Gasteiger partial charge in [-0.3, -0.25) is 0 Å². The average Bonchev–Trinajstić information content (AvgIpc) is 3.21. The van der Waals surface area contributed by atoms with Gasteiger partial charge in [-0.1, -0.05) is 48.3 Å². The molecule has 1 nitrogen and oxygen atoms in total. The molecule has 0 amide bonds.